The Morgan fingerprint density at radius 2 is 1.70 bits per heavy atom. The normalized spacial score (nSPS) is 12.4. The summed E-state index contributed by atoms with van der Waals surface area (Å²) in [7, 11) is 0. The quantitative estimate of drug-likeness (QED) is 0.670. The monoisotopic (exact) mass is 300 g/mol. The van der Waals surface area contributed by atoms with Gasteiger partial charge in [0, 0.05) is 10.6 Å². The summed E-state index contributed by atoms with van der Waals surface area (Å²) in [5, 5.41) is 0.339. The number of benzene rings is 2. The van der Waals surface area contributed by atoms with Crippen molar-refractivity contribution in [1.82, 2.24) is 5.43 Å². The number of hydrogen-bond donors (Lipinski definition) is 2. The van der Waals surface area contributed by atoms with Gasteiger partial charge in [0.1, 0.15) is 17.5 Å². The largest absolute Gasteiger partial charge is 0.271 e. The highest BCUT2D eigenvalue weighted by atomic mass is 35.5. The summed E-state index contributed by atoms with van der Waals surface area (Å²) >= 11 is 5.79. The average Bonchev–Trinajstić information content (AvgIpc) is 2.41. The maximum absolute atomic E-state index is 13.7. The molecule has 0 heterocycles. The van der Waals surface area contributed by atoms with Crippen molar-refractivity contribution < 1.29 is 13.2 Å². The molecule has 0 aliphatic rings. The molecule has 1 unspecified atom stereocenters. The van der Waals surface area contributed by atoms with E-state index in [2.05, 4.69) is 5.43 Å². The molecule has 0 spiro atoms. The second kappa shape index (κ2) is 6.26. The fraction of sp³-hybridized carbons (Fsp3) is 0.143. The number of hydrazine groups is 1. The molecule has 0 aliphatic carbocycles. The molecule has 3 N–H and O–H groups in total. The van der Waals surface area contributed by atoms with Crippen molar-refractivity contribution in [3.8, 4) is 0 Å². The van der Waals surface area contributed by atoms with E-state index in [1.807, 2.05) is 0 Å². The molecule has 20 heavy (non-hydrogen) atoms. The van der Waals surface area contributed by atoms with Crippen molar-refractivity contribution in [2.75, 3.05) is 0 Å². The zero-order valence-electron chi connectivity index (χ0n) is 10.3. The van der Waals surface area contributed by atoms with E-state index in [1.165, 1.54) is 24.3 Å². The molecule has 1 atom stereocenters. The molecular weight excluding hydrogens is 289 g/mol. The van der Waals surface area contributed by atoms with Crippen LogP contribution in [-0.4, -0.2) is 0 Å². The van der Waals surface area contributed by atoms with Crippen LogP contribution in [0.5, 0.6) is 0 Å². The fourth-order valence-electron chi connectivity index (χ4n) is 2.01. The number of halogens is 4. The SMILES string of the molecule is NNC(Cc1cc(Cl)ccc1F)c1c(F)cccc1F. The maximum atomic E-state index is 13.7. The van der Waals surface area contributed by atoms with E-state index in [4.69, 9.17) is 17.4 Å². The summed E-state index contributed by atoms with van der Waals surface area (Å²) in [6, 6.07) is 6.59. The molecule has 106 valence electrons. The van der Waals surface area contributed by atoms with E-state index in [9.17, 15) is 13.2 Å². The third kappa shape index (κ3) is 3.12. The average molecular weight is 301 g/mol. The highest BCUT2D eigenvalue weighted by molar-refractivity contribution is 6.30. The Balaban J connectivity index is 2.36. The molecule has 2 aromatic rings. The van der Waals surface area contributed by atoms with Gasteiger partial charge < -0.3 is 0 Å². The lowest BCUT2D eigenvalue weighted by Gasteiger charge is -2.18. The lowest BCUT2D eigenvalue weighted by atomic mass is 9.98. The number of hydrogen-bond acceptors (Lipinski definition) is 2. The molecule has 2 nitrogen and oxygen atoms in total. The summed E-state index contributed by atoms with van der Waals surface area (Å²) in [5.41, 5.74) is 2.30. The van der Waals surface area contributed by atoms with Crippen LogP contribution in [0.25, 0.3) is 0 Å². The second-order valence-corrected chi connectivity index (χ2v) is 4.73. The predicted octanol–water partition coefficient (Wildman–Crippen LogP) is 3.50. The number of rotatable bonds is 4. The molecular formula is C14H12ClF3N2. The van der Waals surface area contributed by atoms with Crippen LogP contribution in [-0.2, 0) is 6.42 Å². The van der Waals surface area contributed by atoms with Gasteiger partial charge in [-0.3, -0.25) is 11.3 Å². The Bertz CT molecular complexity index is 599. The minimum Gasteiger partial charge on any atom is -0.271 e. The first-order valence-corrected chi connectivity index (χ1v) is 6.24. The predicted molar refractivity (Wildman–Crippen MR) is 71.5 cm³/mol. The first-order chi connectivity index (χ1) is 9.52. The van der Waals surface area contributed by atoms with Crippen LogP contribution in [0.3, 0.4) is 0 Å². The van der Waals surface area contributed by atoms with E-state index in [1.54, 1.807) is 0 Å². The third-order valence-electron chi connectivity index (χ3n) is 2.98. The van der Waals surface area contributed by atoms with Crippen LogP contribution in [0.4, 0.5) is 13.2 Å². The van der Waals surface area contributed by atoms with Crippen LogP contribution in [0.1, 0.15) is 17.2 Å². The Hall–Kier alpha value is -1.56. The van der Waals surface area contributed by atoms with E-state index in [0.717, 1.165) is 12.1 Å². The van der Waals surface area contributed by atoms with Crippen molar-refractivity contribution in [1.29, 1.82) is 0 Å². The zero-order chi connectivity index (χ0) is 14.7. The maximum Gasteiger partial charge on any atom is 0.130 e. The Labute approximate surface area is 119 Å². The summed E-state index contributed by atoms with van der Waals surface area (Å²) < 4.78 is 41.1. The Kier molecular flexibility index (Phi) is 4.65. The van der Waals surface area contributed by atoms with Crippen molar-refractivity contribution >= 4 is 11.6 Å². The van der Waals surface area contributed by atoms with Crippen molar-refractivity contribution in [2.45, 2.75) is 12.5 Å². The minimum atomic E-state index is -0.899. The van der Waals surface area contributed by atoms with Gasteiger partial charge in [0.2, 0.25) is 0 Å². The Morgan fingerprint density at radius 1 is 1.05 bits per heavy atom. The lowest BCUT2D eigenvalue weighted by Crippen LogP contribution is -2.31. The van der Waals surface area contributed by atoms with E-state index < -0.39 is 23.5 Å². The van der Waals surface area contributed by atoms with Gasteiger partial charge in [-0.2, -0.15) is 0 Å². The van der Waals surface area contributed by atoms with Crippen LogP contribution in [0.2, 0.25) is 5.02 Å². The summed E-state index contributed by atoms with van der Waals surface area (Å²) in [5.74, 6) is 3.35. The van der Waals surface area contributed by atoms with Gasteiger partial charge in [0.25, 0.3) is 0 Å². The molecule has 0 aromatic heterocycles. The smallest absolute Gasteiger partial charge is 0.130 e. The fourth-order valence-corrected chi connectivity index (χ4v) is 2.20. The standard InChI is InChI=1S/C14H12ClF3N2/c15-9-4-5-10(16)8(6-9)7-13(20-19)14-11(17)2-1-3-12(14)18/h1-6,13,20H,7,19H2. The van der Waals surface area contributed by atoms with Gasteiger partial charge in [-0.1, -0.05) is 17.7 Å². The zero-order valence-corrected chi connectivity index (χ0v) is 11.1. The second-order valence-electron chi connectivity index (χ2n) is 4.29. The molecule has 0 saturated heterocycles. The molecule has 2 rings (SSSR count). The first-order valence-electron chi connectivity index (χ1n) is 5.87. The highest BCUT2D eigenvalue weighted by Gasteiger charge is 2.20. The Morgan fingerprint density at radius 3 is 2.30 bits per heavy atom. The minimum absolute atomic E-state index is 0.0270. The molecule has 0 aliphatic heterocycles. The summed E-state index contributed by atoms with van der Waals surface area (Å²) in [6.07, 6.45) is -0.0270. The van der Waals surface area contributed by atoms with Gasteiger partial charge in [0.15, 0.2) is 0 Å². The first kappa shape index (κ1) is 14.8. The summed E-state index contributed by atoms with van der Waals surface area (Å²) in [6.45, 7) is 0. The van der Waals surface area contributed by atoms with Crippen molar-refractivity contribution in [3.63, 3.8) is 0 Å². The van der Waals surface area contributed by atoms with E-state index >= 15 is 0 Å². The molecule has 0 radical (unpaired) electrons. The molecule has 6 heteroatoms. The molecule has 0 fully saturated rings. The van der Waals surface area contributed by atoms with Gasteiger partial charge in [-0.05, 0) is 42.3 Å². The number of nitrogens with two attached hydrogens (primary N) is 1. The van der Waals surface area contributed by atoms with Gasteiger partial charge in [-0.25, -0.2) is 13.2 Å². The van der Waals surface area contributed by atoms with Crippen LogP contribution >= 0.6 is 11.6 Å². The van der Waals surface area contributed by atoms with Gasteiger partial charge >= 0.3 is 0 Å². The molecule has 0 amide bonds. The van der Waals surface area contributed by atoms with Crippen LogP contribution in [0.15, 0.2) is 36.4 Å². The lowest BCUT2D eigenvalue weighted by molar-refractivity contribution is 0.466. The van der Waals surface area contributed by atoms with Gasteiger partial charge in [-0.15, -0.1) is 0 Å². The van der Waals surface area contributed by atoms with Crippen LogP contribution in [0, 0.1) is 17.5 Å². The molecule has 2 aromatic carbocycles. The van der Waals surface area contributed by atoms with E-state index in [-0.39, 0.29) is 17.5 Å². The highest BCUT2D eigenvalue weighted by Crippen LogP contribution is 2.25. The van der Waals surface area contributed by atoms with Crippen molar-refractivity contribution in [3.05, 3.63) is 70.0 Å². The molecule has 0 bridgehead atoms. The number of nitrogens with one attached hydrogen (secondary N) is 1. The molecule has 0 saturated carbocycles. The van der Waals surface area contributed by atoms with E-state index in [0.29, 0.717) is 5.02 Å². The van der Waals surface area contributed by atoms with Gasteiger partial charge in [0.05, 0.1) is 6.04 Å². The topological polar surface area (TPSA) is 38.0 Å². The third-order valence-corrected chi connectivity index (χ3v) is 3.22. The van der Waals surface area contributed by atoms with Crippen LogP contribution < -0.4 is 11.3 Å². The summed E-state index contributed by atoms with van der Waals surface area (Å²) in [4.78, 5) is 0. The van der Waals surface area contributed by atoms with Crippen molar-refractivity contribution in [2.24, 2.45) is 5.84 Å².